The second-order valence-electron chi connectivity index (χ2n) is 12.2. The number of nitrogens with zero attached hydrogens (tertiary/aromatic N) is 2. The van der Waals surface area contributed by atoms with E-state index in [1.54, 1.807) is 38.1 Å². The van der Waals surface area contributed by atoms with E-state index in [0.29, 0.717) is 79.8 Å². The van der Waals surface area contributed by atoms with E-state index in [0.717, 1.165) is 17.2 Å². The Morgan fingerprint density at radius 1 is 0.804 bits per heavy atom. The van der Waals surface area contributed by atoms with Gasteiger partial charge in [-0.05, 0) is 76.0 Å². The molecule has 1 atom stereocenters. The highest BCUT2D eigenvalue weighted by Crippen LogP contribution is 2.39. The van der Waals surface area contributed by atoms with Crippen molar-refractivity contribution >= 4 is 41.1 Å². The summed E-state index contributed by atoms with van der Waals surface area (Å²) in [6.45, 7) is 7.05. The lowest BCUT2D eigenvalue weighted by Crippen LogP contribution is -2.45. The van der Waals surface area contributed by atoms with Crippen LogP contribution in [-0.4, -0.2) is 110 Å². The number of carboxylic acids is 2. The van der Waals surface area contributed by atoms with Crippen LogP contribution >= 0.6 is 0 Å². The number of methoxy groups -OCH3 is 3. The predicted molar refractivity (Wildman–Crippen MR) is 189 cm³/mol. The second-order valence-corrected chi connectivity index (χ2v) is 12.2. The molecule has 51 heavy (non-hydrogen) atoms. The van der Waals surface area contributed by atoms with Crippen molar-refractivity contribution in [2.75, 3.05) is 64.7 Å². The minimum absolute atomic E-state index is 0.140. The van der Waals surface area contributed by atoms with Crippen LogP contribution in [0.2, 0.25) is 0 Å². The van der Waals surface area contributed by atoms with E-state index >= 15 is 0 Å². The van der Waals surface area contributed by atoms with Gasteiger partial charge in [-0.25, -0.2) is 9.59 Å². The maximum absolute atomic E-state index is 12.9. The van der Waals surface area contributed by atoms with Crippen molar-refractivity contribution in [3.8, 4) is 23.0 Å². The van der Waals surface area contributed by atoms with Crippen LogP contribution in [0.3, 0.4) is 0 Å². The van der Waals surface area contributed by atoms with Gasteiger partial charge in [0.2, 0.25) is 11.8 Å². The number of nitrogens with one attached hydrogen (secondary N) is 2. The molecule has 0 saturated carbocycles. The Balaban J connectivity index is 1.65. The van der Waals surface area contributed by atoms with Gasteiger partial charge in [0.15, 0.2) is 0 Å². The number of anilines is 2. The van der Waals surface area contributed by atoms with E-state index in [-0.39, 0.29) is 36.8 Å². The number of hydrogen-bond donors (Lipinski definition) is 4. The quantitative estimate of drug-likeness (QED) is 0.105. The molecule has 2 aromatic rings. The lowest BCUT2D eigenvalue weighted by atomic mass is 10.0. The predicted octanol–water partition coefficient (Wildman–Crippen LogP) is 3.86. The van der Waals surface area contributed by atoms with Crippen LogP contribution in [0.15, 0.2) is 35.9 Å². The standard InChI is InChI=1S/C36H48N4O11/c1-22-16-26(51-24(3)41)17-23(2)34(22)37-31(42)11-8-14-40-15-9-13-39(21-28(40)27(36(46)47)20-33(44)45)12-7-10-32(43)38-35-29(49-5)18-25(48-4)19-30(35)50-6/h16-20,28H,7-15,21H2,1-6H3,(H,37,42)(H,38,43)(H,44,45)(H,46,47). The molecule has 2 amide bonds. The van der Waals surface area contributed by atoms with Crippen molar-refractivity contribution in [2.24, 2.45) is 0 Å². The number of rotatable bonds is 17. The molecule has 278 valence electrons. The number of amides is 2. The van der Waals surface area contributed by atoms with Gasteiger partial charge in [-0.2, -0.15) is 0 Å². The lowest BCUT2D eigenvalue weighted by molar-refractivity contribution is -0.135. The topological polar surface area (TPSA) is 193 Å². The maximum atomic E-state index is 12.9. The minimum Gasteiger partial charge on any atom is -0.496 e. The first-order valence-electron chi connectivity index (χ1n) is 16.6. The molecule has 3 rings (SSSR count). The summed E-state index contributed by atoms with van der Waals surface area (Å²) in [6.07, 6.45) is 2.53. The Morgan fingerprint density at radius 2 is 1.37 bits per heavy atom. The molecular weight excluding hydrogens is 664 g/mol. The van der Waals surface area contributed by atoms with Gasteiger partial charge in [0, 0.05) is 56.8 Å². The van der Waals surface area contributed by atoms with E-state index in [1.807, 2.05) is 9.80 Å². The molecular formula is C36H48N4O11. The highest BCUT2D eigenvalue weighted by atomic mass is 16.5. The van der Waals surface area contributed by atoms with Crippen molar-refractivity contribution < 1.29 is 53.1 Å². The van der Waals surface area contributed by atoms with Crippen LogP contribution in [-0.2, 0) is 24.0 Å². The molecule has 15 nitrogen and oxygen atoms in total. The Kier molecular flexibility index (Phi) is 15.2. The Hall–Kier alpha value is -5.15. The highest BCUT2D eigenvalue weighted by Gasteiger charge is 2.32. The summed E-state index contributed by atoms with van der Waals surface area (Å²) in [5.74, 6) is -2.02. The first-order chi connectivity index (χ1) is 24.3. The molecule has 1 fully saturated rings. The molecule has 0 aliphatic carbocycles. The number of aryl methyl sites for hydroxylation is 2. The third-order valence-corrected chi connectivity index (χ3v) is 8.42. The lowest BCUT2D eigenvalue weighted by Gasteiger charge is -2.32. The van der Waals surface area contributed by atoms with Crippen LogP contribution in [0.4, 0.5) is 11.4 Å². The Labute approximate surface area is 297 Å². The molecule has 2 aromatic carbocycles. The van der Waals surface area contributed by atoms with Gasteiger partial charge in [0.25, 0.3) is 0 Å². The molecule has 15 heteroatoms. The molecule has 0 bridgehead atoms. The molecule has 4 N–H and O–H groups in total. The van der Waals surface area contributed by atoms with E-state index in [2.05, 4.69) is 10.6 Å². The number of carbonyl (C=O) groups excluding carboxylic acids is 3. The summed E-state index contributed by atoms with van der Waals surface area (Å²) >= 11 is 0. The Morgan fingerprint density at radius 3 is 1.88 bits per heavy atom. The zero-order valence-corrected chi connectivity index (χ0v) is 30.0. The van der Waals surface area contributed by atoms with E-state index in [1.165, 1.54) is 28.3 Å². The molecule has 1 aliphatic rings. The molecule has 1 heterocycles. The first kappa shape index (κ1) is 40.3. The normalized spacial score (nSPS) is 15.3. The molecule has 0 aromatic heterocycles. The third kappa shape index (κ3) is 12.0. The van der Waals surface area contributed by atoms with E-state index in [4.69, 9.17) is 18.9 Å². The third-order valence-electron chi connectivity index (χ3n) is 8.42. The summed E-state index contributed by atoms with van der Waals surface area (Å²) < 4.78 is 21.2. The fourth-order valence-corrected chi connectivity index (χ4v) is 6.09. The maximum Gasteiger partial charge on any atom is 0.333 e. The van der Waals surface area contributed by atoms with Crippen molar-refractivity contribution in [1.82, 2.24) is 9.80 Å². The number of esters is 1. The number of aliphatic carboxylic acids is 2. The zero-order valence-electron chi connectivity index (χ0n) is 30.0. The molecule has 0 spiro atoms. The fourth-order valence-electron chi connectivity index (χ4n) is 6.09. The van der Waals surface area contributed by atoms with E-state index in [9.17, 15) is 34.2 Å². The molecule has 1 unspecified atom stereocenters. The zero-order chi connectivity index (χ0) is 37.7. The van der Waals surface area contributed by atoms with Crippen LogP contribution in [0.1, 0.15) is 50.2 Å². The summed E-state index contributed by atoms with van der Waals surface area (Å²) in [6, 6.07) is 5.84. The monoisotopic (exact) mass is 712 g/mol. The van der Waals surface area contributed by atoms with Crippen LogP contribution in [0, 0.1) is 13.8 Å². The average molecular weight is 713 g/mol. The summed E-state index contributed by atoms with van der Waals surface area (Å²) in [7, 11) is 4.45. The van der Waals surface area contributed by atoms with Gasteiger partial charge in [-0.15, -0.1) is 0 Å². The Bertz CT molecular complexity index is 1580. The summed E-state index contributed by atoms with van der Waals surface area (Å²) in [4.78, 5) is 65.1. The largest absolute Gasteiger partial charge is 0.496 e. The number of benzene rings is 2. The number of ether oxygens (including phenoxy) is 4. The number of carbonyl (C=O) groups is 5. The van der Waals surface area contributed by atoms with Crippen molar-refractivity contribution in [2.45, 2.75) is 58.9 Å². The average Bonchev–Trinajstić information content (AvgIpc) is 3.26. The van der Waals surface area contributed by atoms with E-state index < -0.39 is 23.9 Å². The van der Waals surface area contributed by atoms with Crippen LogP contribution in [0.25, 0.3) is 0 Å². The van der Waals surface area contributed by atoms with Gasteiger partial charge in [-0.3, -0.25) is 19.3 Å². The highest BCUT2D eigenvalue weighted by molar-refractivity contribution is 5.96. The minimum atomic E-state index is -1.37. The number of hydrogen-bond acceptors (Lipinski definition) is 11. The van der Waals surface area contributed by atoms with Gasteiger partial charge in [0.05, 0.1) is 32.9 Å². The summed E-state index contributed by atoms with van der Waals surface area (Å²) in [5, 5.41) is 25.3. The van der Waals surface area contributed by atoms with Crippen LogP contribution < -0.4 is 29.6 Å². The molecule has 1 saturated heterocycles. The van der Waals surface area contributed by atoms with Gasteiger partial charge in [-0.1, -0.05) is 0 Å². The summed E-state index contributed by atoms with van der Waals surface area (Å²) in [5.41, 5.74) is 2.20. The van der Waals surface area contributed by atoms with Gasteiger partial charge >= 0.3 is 17.9 Å². The smallest absolute Gasteiger partial charge is 0.333 e. The fraction of sp³-hybridized carbons (Fsp3) is 0.472. The van der Waals surface area contributed by atoms with Crippen molar-refractivity contribution in [1.29, 1.82) is 0 Å². The van der Waals surface area contributed by atoms with Gasteiger partial charge < -0.3 is 44.7 Å². The van der Waals surface area contributed by atoms with Crippen LogP contribution in [0.5, 0.6) is 23.0 Å². The number of carboxylic acid groups (broad SMARTS) is 2. The first-order valence-corrected chi connectivity index (χ1v) is 16.6. The SMILES string of the molecule is COc1cc(OC)c(NC(=O)CCCN2CCCN(CCCC(=O)Nc3c(C)cc(OC(C)=O)cc3C)C(C(=CC(=O)O)C(=O)O)C2)c(OC)c1. The second kappa shape index (κ2) is 19.3. The van der Waals surface area contributed by atoms with Crippen molar-refractivity contribution in [3.05, 3.63) is 47.0 Å². The molecule has 0 radical (unpaired) electrons. The van der Waals surface area contributed by atoms with Crippen molar-refractivity contribution in [3.63, 3.8) is 0 Å². The van der Waals surface area contributed by atoms with Gasteiger partial charge in [0.1, 0.15) is 28.7 Å². The molecule has 1 aliphatic heterocycles.